The Labute approximate surface area is 119 Å². The molecule has 2 rings (SSSR count). The Morgan fingerprint density at radius 3 is 2.79 bits per heavy atom. The lowest BCUT2D eigenvalue weighted by Crippen LogP contribution is -2.17. The summed E-state index contributed by atoms with van der Waals surface area (Å²) in [5.41, 5.74) is 2.00. The first kappa shape index (κ1) is 14.1. The Bertz CT molecular complexity index is 592. The number of nitro groups is 1. The van der Waals surface area contributed by atoms with Gasteiger partial charge in [-0.3, -0.25) is 10.1 Å². The van der Waals surface area contributed by atoms with E-state index in [-0.39, 0.29) is 16.0 Å². The van der Waals surface area contributed by atoms with Gasteiger partial charge in [0, 0.05) is 28.9 Å². The first-order valence-electron chi connectivity index (χ1n) is 5.86. The predicted octanol–water partition coefficient (Wildman–Crippen LogP) is 3.58. The minimum atomic E-state index is -0.353. The Hall–Kier alpha value is -1.31. The average molecular weight is 297 g/mol. The zero-order valence-corrected chi connectivity index (χ0v) is 12.6. The van der Waals surface area contributed by atoms with E-state index in [2.05, 4.69) is 17.2 Å². The fourth-order valence-corrected chi connectivity index (χ4v) is 3.55. The van der Waals surface area contributed by atoms with Crippen molar-refractivity contribution in [3.63, 3.8) is 0 Å². The number of thiophene rings is 1. The second kappa shape index (κ2) is 5.77. The molecule has 1 atom stereocenters. The van der Waals surface area contributed by atoms with Gasteiger partial charge in [0.1, 0.15) is 0 Å². The molecule has 1 unspecified atom stereocenters. The molecule has 0 aliphatic rings. The molecule has 1 N–H and O–H groups in total. The molecule has 0 radical (unpaired) electrons. The number of thiazole rings is 1. The quantitative estimate of drug-likeness (QED) is 0.676. The third kappa shape index (κ3) is 3.37. The van der Waals surface area contributed by atoms with Gasteiger partial charge in [0.25, 0.3) is 0 Å². The number of nitrogens with one attached hydrogen (secondary N) is 1. The van der Waals surface area contributed by atoms with Crippen molar-refractivity contribution in [2.24, 2.45) is 0 Å². The fourth-order valence-electron chi connectivity index (χ4n) is 1.86. The molecule has 0 fully saturated rings. The first-order valence-corrected chi connectivity index (χ1v) is 7.56. The van der Waals surface area contributed by atoms with Gasteiger partial charge in [-0.1, -0.05) is 11.3 Å². The van der Waals surface area contributed by atoms with Gasteiger partial charge in [0.15, 0.2) is 0 Å². The van der Waals surface area contributed by atoms with Gasteiger partial charge in [0.2, 0.25) is 0 Å². The molecule has 0 bridgehead atoms. The summed E-state index contributed by atoms with van der Waals surface area (Å²) in [5.74, 6) is 0. The molecule has 0 aliphatic carbocycles. The van der Waals surface area contributed by atoms with E-state index >= 15 is 0 Å². The van der Waals surface area contributed by atoms with Crippen molar-refractivity contribution in [1.29, 1.82) is 0 Å². The summed E-state index contributed by atoms with van der Waals surface area (Å²) >= 11 is 2.85. The lowest BCUT2D eigenvalue weighted by molar-refractivity contribution is -0.380. The van der Waals surface area contributed by atoms with Crippen LogP contribution >= 0.6 is 22.7 Å². The van der Waals surface area contributed by atoms with Gasteiger partial charge in [0.05, 0.1) is 15.6 Å². The van der Waals surface area contributed by atoms with Crippen molar-refractivity contribution in [2.75, 3.05) is 0 Å². The molecule has 19 heavy (non-hydrogen) atoms. The summed E-state index contributed by atoms with van der Waals surface area (Å²) in [6.07, 6.45) is 0. The van der Waals surface area contributed by atoms with Gasteiger partial charge in [-0.15, -0.1) is 11.3 Å². The Balaban J connectivity index is 1.98. The van der Waals surface area contributed by atoms with E-state index in [0.717, 1.165) is 27.6 Å². The van der Waals surface area contributed by atoms with E-state index in [1.165, 1.54) is 4.88 Å². The average Bonchev–Trinajstić information content (AvgIpc) is 2.93. The van der Waals surface area contributed by atoms with Crippen molar-refractivity contribution in [1.82, 2.24) is 10.3 Å². The topological polar surface area (TPSA) is 68.1 Å². The molecular formula is C12H15N3O2S2. The number of hydrogen-bond donors (Lipinski definition) is 1. The van der Waals surface area contributed by atoms with Crippen LogP contribution in [0.4, 0.5) is 5.00 Å². The molecule has 2 aromatic rings. The van der Waals surface area contributed by atoms with Gasteiger partial charge >= 0.3 is 5.00 Å². The zero-order valence-electron chi connectivity index (χ0n) is 11.0. The third-order valence-electron chi connectivity index (χ3n) is 2.76. The second-order valence-corrected chi connectivity index (χ2v) is 6.46. The zero-order chi connectivity index (χ0) is 14.0. The van der Waals surface area contributed by atoms with Crippen molar-refractivity contribution < 1.29 is 4.92 Å². The van der Waals surface area contributed by atoms with Gasteiger partial charge in [-0.05, 0) is 26.3 Å². The Morgan fingerprint density at radius 2 is 2.26 bits per heavy atom. The third-order valence-corrected chi connectivity index (χ3v) is 4.95. The highest BCUT2D eigenvalue weighted by Crippen LogP contribution is 2.26. The molecule has 2 aromatic heterocycles. The van der Waals surface area contributed by atoms with Crippen LogP contribution in [-0.4, -0.2) is 9.91 Å². The normalized spacial score (nSPS) is 12.6. The summed E-state index contributed by atoms with van der Waals surface area (Å²) in [6, 6.07) is 1.82. The van der Waals surface area contributed by atoms with Crippen LogP contribution in [0.15, 0.2) is 11.4 Å². The van der Waals surface area contributed by atoms with Crippen LogP contribution in [0.2, 0.25) is 0 Å². The number of nitrogens with zero attached hydrogens (tertiary/aromatic N) is 2. The van der Waals surface area contributed by atoms with Crippen LogP contribution in [0.3, 0.4) is 0 Å². The molecule has 0 spiro atoms. The van der Waals surface area contributed by atoms with Crippen molar-refractivity contribution in [3.8, 4) is 0 Å². The van der Waals surface area contributed by atoms with Crippen LogP contribution in [0.25, 0.3) is 0 Å². The molecule has 0 saturated carbocycles. The maximum atomic E-state index is 10.6. The molecule has 0 aromatic carbocycles. The summed E-state index contributed by atoms with van der Waals surface area (Å²) in [5, 5.41) is 17.1. The van der Waals surface area contributed by atoms with Crippen LogP contribution in [0.1, 0.15) is 34.1 Å². The molecule has 7 heteroatoms. The number of rotatable bonds is 5. The van der Waals surface area contributed by atoms with Crippen molar-refractivity contribution in [2.45, 2.75) is 33.4 Å². The van der Waals surface area contributed by atoms with Crippen LogP contribution < -0.4 is 5.32 Å². The maximum absolute atomic E-state index is 10.6. The molecular weight excluding hydrogens is 282 g/mol. The molecule has 0 saturated heterocycles. The largest absolute Gasteiger partial charge is 0.324 e. The number of hydrogen-bond acceptors (Lipinski definition) is 6. The van der Waals surface area contributed by atoms with Gasteiger partial charge in [-0.2, -0.15) is 0 Å². The van der Waals surface area contributed by atoms with E-state index < -0.39 is 0 Å². The lowest BCUT2D eigenvalue weighted by Gasteiger charge is -2.11. The van der Waals surface area contributed by atoms with E-state index in [1.807, 2.05) is 19.2 Å². The van der Waals surface area contributed by atoms with Gasteiger partial charge < -0.3 is 5.32 Å². The smallest absolute Gasteiger partial charge is 0.305 e. The summed E-state index contributed by atoms with van der Waals surface area (Å²) in [7, 11) is 0. The van der Waals surface area contributed by atoms with E-state index in [9.17, 15) is 10.1 Å². The van der Waals surface area contributed by atoms with E-state index in [0.29, 0.717) is 6.54 Å². The van der Waals surface area contributed by atoms with Crippen LogP contribution in [-0.2, 0) is 6.54 Å². The maximum Gasteiger partial charge on any atom is 0.324 e. The van der Waals surface area contributed by atoms with Gasteiger partial charge in [-0.25, -0.2) is 4.98 Å². The summed E-state index contributed by atoms with van der Waals surface area (Å²) in [6.45, 7) is 6.71. The van der Waals surface area contributed by atoms with E-state index in [1.54, 1.807) is 17.4 Å². The molecule has 2 heterocycles. The predicted molar refractivity (Wildman–Crippen MR) is 77.8 cm³/mol. The summed E-state index contributed by atoms with van der Waals surface area (Å²) < 4.78 is 0. The molecule has 102 valence electrons. The highest BCUT2D eigenvalue weighted by atomic mass is 32.1. The first-order chi connectivity index (χ1) is 8.97. The Kier molecular flexibility index (Phi) is 4.28. The monoisotopic (exact) mass is 297 g/mol. The van der Waals surface area contributed by atoms with Crippen molar-refractivity contribution >= 4 is 27.7 Å². The van der Waals surface area contributed by atoms with E-state index in [4.69, 9.17) is 0 Å². The number of aromatic nitrogens is 1. The highest BCUT2D eigenvalue weighted by Gasteiger charge is 2.14. The molecule has 0 aliphatic heterocycles. The van der Waals surface area contributed by atoms with Crippen molar-refractivity contribution in [3.05, 3.63) is 42.7 Å². The molecule has 5 nitrogen and oxygen atoms in total. The Morgan fingerprint density at radius 1 is 1.53 bits per heavy atom. The standard InChI is InChI=1S/C12H15N3O2S2/c1-7(12-8(2)14-9(3)19-12)13-5-10-4-11(15(16)17)18-6-10/h4,6-7,13H,5H2,1-3H3. The minimum Gasteiger partial charge on any atom is -0.305 e. The molecule has 0 amide bonds. The highest BCUT2D eigenvalue weighted by molar-refractivity contribution is 7.13. The van der Waals surface area contributed by atoms with Crippen LogP contribution in [0.5, 0.6) is 0 Å². The SMILES string of the molecule is Cc1nc(C)c(C(C)NCc2csc([N+](=O)[O-])c2)s1. The summed E-state index contributed by atoms with van der Waals surface area (Å²) in [4.78, 5) is 15.9. The lowest BCUT2D eigenvalue weighted by atomic mass is 10.2. The van der Waals surface area contributed by atoms with Crippen LogP contribution in [0, 0.1) is 24.0 Å². The minimum absolute atomic E-state index is 0.189. The number of aryl methyl sites for hydroxylation is 2. The fraction of sp³-hybridized carbons (Fsp3) is 0.417. The second-order valence-electron chi connectivity index (χ2n) is 4.34.